The van der Waals surface area contributed by atoms with Gasteiger partial charge >= 0.3 is 35.5 Å². The van der Waals surface area contributed by atoms with Crippen molar-refractivity contribution < 1.29 is 44.3 Å². The Hall–Kier alpha value is -1.76. The largest absolute Gasteiger partial charge is 1.00 e. The normalized spacial score (nSPS) is 10.7. The predicted octanol–water partition coefficient (Wildman–Crippen LogP) is 1.83. The number of para-hydroxylation sites is 1. The van der Waals surface area contributed by atoms with Gasteiger partial charge in [-0.3, -0.25) is 4.79 Å². The van der Waals surface area contributed by atoms with E-state index in [2.05, 4.69) is 10.3 Å². The molecule has 1 heterocycles. The molecule has 3 aromatic rings. The number of hydrogen-bond acceptors (Lipinski definition) is 2. The number of H-pyrrole nitrogens is 1. The monoisotopic (exact) mass is 397 g/mol. The maximum atomic E-state index is 12.1. The van der Waals surface area contributed by atoms with Gasteiger partial charge in [0, 0.05) is 33.3 Å². The molecule has 1 aromatic heterocycles. The quantitative estimate of drug-likeness (QED) is 0.463. The standard InChI is InChI=1S/C18H12Cl2N2O3.Na/c19-10-8-13(20)16-12(17(18(24)25)22-14(16)9-10)6-7-15(23)21-11-4-2-1-3-5-11;/h1-9,22H,(H,21,23)(H,24,25);/q;+1/b7-6+;. The van der Waals surface area contributed by atoms with Crippen molar-refractivity contribution in [3.05, 3.63) is 69.8 Å². The second-order valence-corrected chi connectivity index (χ2v) is 6.06. The van der Waals surface area contributed by atoms with Crippen LogP contribution in [0.4, 0.5) is 5.69 Å². The first kappa shape index (κ1) is 20.6. The molecule has 0 saturated heterocycles. The summed E-state index contributed by atoms with van der Waals surface area (Å²) in [5.41, 5.74) is 1.37. The molecule has 2 aromatic carbocycles. The van der Waals surface area contributed by atoms with Gasteiger partial charge in [0.1, 0.15) is 5.69 Å². The predicted molar refractivity (Wildman–Crippen MR) is 99.4 cm³/mol. The zero-order valence-electron chi connectivity index (χ0n) is 13.7. The van der Waals surface area contributed by atoms with Crippen molar-refractivity contribution in [1.82, 2.24) is 4.98 Å². The Labute approximate surface area is 181 Å². The van der Waals surface area contributed by atoms with Crippen molar-refractivity contribution in [3.63, 3.8) is 0 Å². The van der Waals surface area contributed by atoms with Gasteiger partial charge in [-0.05, 0) is 30.3 Å². The number of aromatic nitrogens is 1. The fraction of sp³-hybridized carbons (Fsp3) is 0. The van der Waals surface area contributed by atoms with Crippen molar-refractivity contribution >= 4 is 57.7 Å². The SMILES string of the molecule is O=C(/C=C/c1c(C(=O)O)[nH]c2cc(Cl)cc(Cl)c12)Nc1ccccc1.[Na+]. The van der Waals surface area contributed by atoms with E-state index < -0.39 is 5.97 Å². The molecule has 1 amide bonds. The molecule has 0 saturated carbocycles. The van der Waals surface area contributed by atoms with Gasteiger partial charge in [-0.1, -0.05) is 41.4 Å². The number of hydrogen-bond donors (Lipinski definition) is 3. The van der Waals surface area contributed by atoms with E-state index in [0.29, 0.717) is 32.2 Å². The van der Waals surface area contributed by atoms with Crippen LogP contribution in [0.2, 0.25) is 10.0 Å². The maximum absolute atomic E-state index is 12.1. The molecular weight excluding hydrogens is 386 g/mol. The van der Waals surface area contributed by atoms with Gasteiger partial charge in [-0.15, -0.1) is 0 Å². The molecule has 0 aliphatic heterocycles. The van der Waals surface area contributed by atoms with Gasteiger partial charge in [0.05, 0.1) is 5.02 Å². The Morgan fingerprint density at radius 1 is 1.12 bits per heavy atom. The topological polar surface area (TPSA) is 82.2 Å². The Kier molecular flexibility index (Phi) is 6.92. The van der Waals surface area contributed by atoms with Gasteiger partial charge in [0.25, 0.3) is 0 Å². The number of carboxylic acid groups (broad SMARTS) is 1. The molecule has 26 heavy (non-hydrogen) atoms. The van der Waals surface area contributed by atoms with Crippen LogP contribution in [0.5, 0.6) is 0 Å². The Morgan fingerprint density at radius 2 is 1.81 bits per heavy atom. The Balaban J connectivity index is 0.00000243. The fourth-order valence-electron chi connectivity index (χ4n) is 2.47. The van der Waals surface area contributed by atoms with Crippen molar-refractivity contribution in [1.29, 1.82) is 0 Å². The van der Waals surface area contributed by atoms with E-state index in [9.17, 15) is 14.7 Å². The first-order valence-electron chi connectivity index (χ1n) is 7.24. The zero-order valence-corrected chi connectivity index (χ0v) is 17.2. The number of aromatic amines is 1. The maximum Gasteiger partial charge on any atom is 1.00 e. The van der Waals surface area contributed by atoms with Crippen LogP contribution >= 0.6 is 23.2 Å². The molecule has 0 aliphatic rings. The summed E-state index contributed by atoms with van der Waals surface area (Å²) in [6.07, 6.45) is 2.67. The number of fused-ring (bicyclic) bond motifs is 1. The average molecular weight is 398 g/mol. The van der Waals surface area contributed by atoms with Crippen LogP contribution in [-0.4, -0.2) is 22.0 Å². The van der Waals surface area contributed by atoms with E-state index in [4.69, 9.17) is 23.2 Å². The summed E-state index contributed by atoms with van der Waals surface area (Å²) in [4.78, 5) is 26.3. The van der Waals surface area contributed by atoms with Gasteiger partial charge in [0.15, 0.2) is 0 Å². The molecule has 3 N–H and O–H groups in total. The van der Waals surface area contributed by atoms with E-state index in [1.165, 1.54) is 18.2 Å². The molecule has 0 radical (unpaired) electrons. The Bertz CT molecular complexity index is 1000. The minimum Gasteiger partial charge on any atom is -0.477 e. The molecule has 0 unspecified atom stereocenters. The third-order valence-electron chi connectivity index (χ3n) is 3.51. The van der Waals surface area contributed by atoms with Gasteiger partial charge in [0.2, 0.25) is 5.91 Å². The number of carbonyl (C=O) groups excluding carboxylic acids is 1. The number of benzene rings is 2. The molecular formula is C18H12Cl2N2NaO3+. The van der Waals surface area contributed by atoms with Crippen LogP contribution in [-0.2, 0) is 4.79 Å². The molecule has 0 aliphatic carbocycles. The number of halogens is 2. The third-order valence-corrected chi connectivity index (χ3v) is 4.03. The van der Waals surface area contributed by atoms with Crippen LogP contribution in [0, 0.1) is 0 Å². The van der Waals surface area contributed by atoms with E-state index in [1.54, 1.807) is 30.3 Å². The molecule has 3 rings (SSSR count). The van der Waals surface area contributed by atoms with Crippen molar-refractivity contribution in [2.45, 2.75) is 0 Å². The number of carbonyl (C=O) groups is 2. The Morgan fingerprint density at radius 3 is 2.46 bits per heavy atom. The first-order valence-corrected chi connectivity index (χ1v) is 7.99. The van der Waals surface area contributed by atoms with Crippen LogP contribution in [0.15, 0.2) is 48.5 Å². The van der Waals surface area contributed by atoms with Crippen LogP contribution in [0.25, 0.3) is 17.0 Å². The molecule has 0 bridgehead atoms. The van der Waals surface area contributed by atoms with E-state index >= 15 is 0 Å². The summed E-state index contributed by atoms with van der Waals surface area (Å²) < 4.78 is 0. The molecule has 0 fully saturated rings. The van der Waals surface area contributed by atoms with Gasteiger partial charge in [-0.25, -0.2) is 4.79 Å². The summed E-state index contributed by atoms with van der Waals surface area (Å²) in [6.45, 7) is 0. The molecule has 0 spiro atoms. The van der Waals surface area contributed by atoms with Crippen molar-refractivity contribution in [2.75, 3.05) is 5.32 Å². The molecule has 8 heteroatoms. The summed E-state index contributed by atoms with van der Waals surface area (Å²) >= 11 is 12.1. The molecule has 126 valence electrons. The second-order valence-electron chi connectivity index (χ2n) is 5.22. The fourth-order valence-corrected chi connectivity index (χ4v) is 3.07. The molecule has 5 nitrogen and oxygen atoms in total. The molecule has 0 atom stereocenters. The van der Waals surface area contributed by atoms with Crippen molar-refractivity contribution in [2.24, 2.45) is 0 Å². The summed E-state index contributed by atoms with van der Waals surface area (Å²) in [6, 6.07) is 12.0. The van der Waals surface area contributed by atoms with Crippen molar-refractivity contribution in [3.8, 4) is 0 Å². The van der Waals surface area contributed by atoms with E-state index in [-0.39, 0.29) is 41.2 Å². The number of nitrogens with one attached hydrogen (secondary N) is 2. The number of rotatable bonds is 4. The number of amides is 1. The summed E-state index contributed by atoms with van der Waals surface area (Å²) in [5, 5.41) is 13.2. The number of anilines is 1. The number of carboxylic acids is 1. The van der Waals surface area contributed by atoms with E-state index in [0.717, 1.165) is 0 Å². The van der Waals surface area contributed by atoms with Gasteiger partial charge in [-0.2, -0.15) is 0 Å². The second kappa shape index (κ2) is 8.75. The van der Waals surface area contributed by atoms with Gasteiger partial charge < -0.3 is 15.4 Å². The third kappa shape index (κ3) is 4.50. The van der Waals surface area contributed by atoms with Crippen LogP contribution < -0.4 is 34.9 Å². The summed E-state index contributed by atoms with van der Waals surface area (Å²) in [7, 11) is 0. The zero-order chi connectivity index (χ0) is 18.0. The van der Waals surface area contributed by atoms with Crippen LogP contribution in [0.3, 0.4) is 0 Å². The van der Waals surface area contributed by atoms with Crippen LogP contribution in [0.1, 0.15) is 16.1 Å². The summed E-state index contributed by atoms with van der Waals surface area (Å²) in [5.74, 6) is -1.55. The average Bonchev–Trinajstić information content (AvgIpc) is 2.93. The minimum atomic E-state index is -1.16. The smallest absolute Gasteiger partial charge is 0.477 e. The first-order chi connectivity index (χ1) is 12.0. The van der Waals surface area contributed by atoms with E-state index in [1.807, 2.05) is 6.07 Å². The minimum absolute atomic E-state index is 0. The number of aromatic carboxylic acids is 1.